The largest absolute Gasteiger partial charge is 0.489 e. The van der Waals surface area contributed by atoms with Crippen molar-refractivity contribution in [1.82, 2.24) is 0 Å². The Balaban J connectivity index is 3.01. The predicted molar refractivity (Wildman–Crippen MR) is 81.4 cm³/mol. The Kier molecular flexibility index (Phi) is 6.10. The number of hydrogen-bond donors (Lipinski definition) is 1. The number of para-hydroxylation sites is 2. The monoisotopic (exact) mass is 277 g/mol. The van der Waals surface area contributed by atoms with Crippen molar-refractivity contribution in [1.29, 1.82) is 0 Å². The van der Waals surface area contributed by atoms with Gasteiger partial charge in [0.25, 0.3) is 0 Å². The molecule has 0 aromatic heterocycles. The molecule has 1 aromatic carbocycles. The van der Waals surface area contributed by atoms with Crippen molar-refractivity contribution >= 4 is 11.7 Å². The first-order chi connectivity index (χ1) is 9.45. The molecule has 0 fully saturated rings. The summed E-state index contributed by atoms with van der Waals surface area (Å²) in [4.78, 5) is 13.0. The number of carboxylic acids is 1. The van der Waals surface area contributed by atoms with Gasteiger partial charge in [-0.25, -0.2) is 0 Å². The van der Waals surface area contributed by atoms with Crippen molar-refractivity contribution < 1.29 is 14.6 Å². The van der Waals surface area contributed by atoms with E-state index in [4.69, 9.17) is 9.84 Å². The van der Waals surface area contributed by atoms with E-state index < -0.39 is 11.9 Å². The van der Waals surface area contributed by atoms with Crippen LogP contribution in [0.3, 0.4) is 0 Å². The second kappa shape index (κ2) is 7.58. The molecule has 0 radical (unpaired) electrons. The standard InChI is InChI=1S/C16H23NO3/c1-5-10-17(11-13(4)16(18)19)14-8-6-7-9-15(14)20-12(2)3/h5-9,12-13H,1,10-11H2,2-4H3,(H,18,19). The topological polar surface area (TPSA) is 49.8 Å². The van der Waals surface area contributed by atoms with Crippen LogP contribution in [-0.4, -0.2) is 30.3 Å². The van der Waals surface area contributed by atoms with E-state index in [1.54, 1.807) is 13.0 Å². The van der Waals surface area contributed by atoms with Crippen LogP contribution in [0.15, 0.2) is 36.9 Å². The summed E-state index contributed by atoms with van der Waals surface area (Å²) in [6, 6.07) is 7.67. The van der Waals surface area contributed by atoms with E-state index in [1.807, 2.05) is 43.0 Å². The molecule has 0 saturated heterocycles. The van der Waals surface area contributed by atoms with Crippen LogP contribution in [0.25, 0.3) is 0 Å². The molecule has 4 heteroatoms. The van der Waals surface area contributed by atoms with Crippen molar-refractivity contribution in [2.45, 2.75) is 26.9 Å². The van der Waals surface area contributed by atoms with Gasteiger partial charge in [-0.2, -0.15) is 0 Å². The Labute approximate surface area is 120 Å². The first-order valence-electron chi connectivity index (χ1n) is 6.80. The zero-order valence-corrected chi connectivity index (χ0v) is 12.4. The summed E-state index contributed by atoms with van der Waals surface area (Å²) in [6.45, 7) is 10.4. The number of carbonyl (C=O) groups is 1. The molecular formula is C16H23NO3. The van der Waals surface area contributed by atoms with E-state index in [2.05, 4.69) is 6.58 Å². The van der Waals surface area contributed by atoms with Crippen LogP contribution in [0.4, 0.5) is 5.69 Å². The lowest BCUT2D eigenvalue weighted by molar-refractivity contribution is -0.140. The minimum Gasteiger partial charge on any atom is -0.489 e. The third-order valence-corrected chi connectivity index (χ3v) is 2.83. The molecular weight excluding hydrogens is 254 g/mol. The highest BCUT2D eigenvalue weighted by Gasteiger charge is 2.18. The van der Waals surface area contributed by atoms with Gasteiger partial charge in [0.15, 0.2) is 0 Å². The number of rotatable bonds is 8. The minimum atomic E-state index is -0.804. The second-order valence-electron chi connectivity index (χ2n) is 5.07. The van der Waals surface area contributed by atoms with Crippen LogP contribution < -0.4 is 9.64 Å². The number of ether oxygens (including phenoxy) is 1. The van der Waals surface area contributed by atoms with Crippen molar-refractivity contribution in [3.8, 4) is 5.75 Å². The van der Waals surface area contributed by atoms with E-state index >= 15 is 0 Å². The second-order valence-corrected chi connectivity index (χ2v) is 5.07. The smallest absolute Gasteiger partial charge is 0.308 e. The van der Waals surface area contributed by atoms with Crippen molar-refractivity contribution in [2.24, 2.45) is 5.92 Å². The van der Waals surface area contributed by atoms with Gasteiger partial charge in [-0.1, -0.05) is 25.1 Å². The van der Waals surface area contributed by atoms with Gasteiger partial charge >= 0.3 is 5.97 Å². The first kappa shape index (κ1) is 16.1. The maximum Gasteiger partial charge on any atom is 0.308 e. The normalized spacial score (nSPS) is 12.0. The fourth-order valence-corrected chi connectivity index (χ4v) is 1.91. The van der Waals surface area contributed by atoms with Crippen molar-refractivity contribution in [3.63, 3.8) is 0 Å². The minimum absolute atomic E-state index is 0.0682. The molecule has 1 N–H and O–H groups in total. The van der Waals surface area contributed by atoms with Crippen LogP contribution >= 0.6 is 0 Å². The zero-order chi connectivity index (χ0) is 15.1. The molecule has 0 bridgehead atoms. The third kappa shape index (κ3) is 4.61. The fourth-order valence-electron chi connectivity index (χ4n) is 1.91. The molecule has 0 heterocycles. The Bertz CT molecular complexity index is 457. The molecule has 20 heavy (non-hydrogen) atoms. The van der Waals surface area contributed by atoms with Crippen LogP contribution in [-0.2, 0) is 4.79 Å². The van der Waals surface area contributed by atoms with E-state index in [0.29, 0.717) is 13.1 Å². The number of carboxylic acid groups (broad SMARTS) is 1. The first-order valence-corrected chi connectivity index (χ1v) is 6.80. The molecule has 0 spiro atoms. The molecule has 0 aliphatic carbocycles. The molecule has 110 valence electrons. The molecule has 1 rings (SSSR count). The summed E-state index contributed by atoms with van der Waals surface area (Å²) in [5.74, 6) is -0.495. The van der Waals surface area contributed by atoms with E-state index in [9.17, 15) is 4.79 Å². The van der Waals surface area contributed by atoms with Gasteiger partial charge in [-0.3, -0.25) is 4.79 Å². The van der Waals surface area contributed by atoms with Crippen molar-refractivity contribution in [3.05, 3.63) is 36.9 Å². The number of hydrogen-bond acceptors (Lipinski definition) is 3. The Morgan fingerprint density at radius 1 is 1.40 bits per heavy atom. The molecule has 1 unspecified atom stereocenters. The molecule has 0 saturated carbocycles. The SMILES string of the molecule is C=CCN(CC(C)C(=O)O)c1ccccc1OC(C)C. The highest BCUT2D eigenvalue weighted by Crippen LogP contribution is 2.29. The maximum atomic E-state index is 11.0. The van der Waals surface area contributed by atoms with Gasteiger partial charge in [-0.15, -0.1) is 6.58 Å². The quantitative estimate of drug-likeness (QED) is 0.741. The lowest BCUT2D eigenvalue weighted by atomic mass is 10.1. The summed E-state index contributed by atoms with van der Waals surface area (Å²) in [5.41, 5.74) is 0.897. The molecule has 0 aliphatic heterocycles. The average Bonchev–Trinajstić information content (AvgIpc) is 2.38. The van der Waals surface area contributed by atoms with Crippen LogP contribution in [0.5, 0.6) is 5.75 Å². The van der Waals surface area contributed by atoms with E-state index in [1.165, 1.54) is 0 Å². The van der Waals surface area contributed by atoms with Gasteiger partial charge in [0.2, 0.25) is 0 Å². The summed E-state index contributed by atoms with van der Waals surface area (Å²) in [5, 5.41) is 9.08. The summed E-state index contributed by atoms with van der Waals surface area (Å²) in [6.07, 6.45) is 1.83. The zero-order valence-electron chi connectivity index (χ0n) is 12.4. The average molecular weight is 277 g/mol. The number of nitrogens with zero attached hydrogens (tertiary/aromatic N) is 1. The molecule has 4 nitrogen and oxygen atoms in total. The lowest BCUT2D eigenvalue weighted by Crippen LogP contribution is -2.32. The van der Waals surface area contributed by atoms with Crippen LogP contribution in [0.1, 0.15) is 20.8 Å². The fraction of sp³-hybridized carbons (Fsp3) is 0.438. The Hall–Kier alpha value is -1.97. The Morgan fingerprint density at radius 2 is 2.05 bits per heavy atom. The van der Waals surface area contributed by atoms with Crippen molar-refractivity contribution in [2.75, 3.05) is 18.0 Å². The molecule has 0 amide bonds. The van der Waals surface area contributed by atoms with Gasteiger partial charge in [-0.05, 0) is 26.0 Å². The number of benzene rings is 1. The highest BCUT2D eigenvalue weighted by molar-refractivity contribution is 5.71. The molecule has 1 atom stereocenters. The van der Waals surface area contributed by atoms with Crippen LogP contribution in [0.2, 0.25) is 0 Å². The van der Waals surface area contributed by atoms with Gasteiger partial charge in [0.05, 0.1) is 17.7 Å². The summed E-state index contributed by atoms with van der Waals surface area (Å²) >= 11 is 0. The summed E-state index contributed by atoms with van der Waals surface area (Å²) < 4.78 is 5.79. The Morgan fingerprint density at radius 3 is 2.60 bits per heavy atom. The maximum absolute atomic E-state index is 11.0. The highest BCUT2D eigenvalue weighted by atomic mass is 16.5. The van der Waals surface area contributed by atoms with Gasteiger partial charge < -0.3 is 14.7 Å². The number of anilines is 1. The predicted octanol–water partition coefficient (Wildman–Crippen LogP) is 3.19. The van der Waals surface area contributed by atoms with E-state index in [0.717, 1.165) is 11.4 Å². The van der Waals surface area contributed by atoms with E-state index in [-0.39, 0.29) is 6.10 Å². The van der Waals surface area contributed by atoms with Gasteiger partial charge in [0.1, 0.15) is 5.75 Å². The molecule has 1 aromatic rings. The molecule has 0 aliphatic rings. The van der Waals surface area contributed by atoms with Crippen LogP contribution in [0, 0.1) is 5.92 Å². The number of aliphatic carboxylic acids is 1. The third-order valence-electron chi connectivity index (χ3n) is 2.83. The lowest BCUT2D eigenvalue weighted by Gasteiger charge is -2.27. The van der Waals surface area contributed by atoms with Gasteiger partial charge in [0, 0.05) is 13.1 Å². The summed E-state index contributed by atoms with van der Waals surface area (Å²) in [7, 11) is 0.